The molecular weight excluding hydrogens is 390 g/mol. The molecule has 2 aliphatic rings. The molecule has 172 valence electrons. The molecule has 1 saturated heterocycles. The molecule has 31 heavy (non-hydrogen) atoms. The molecule has 0 spiro atoms. The molecule has 2 N–H and O–H groups in total. The van der Waals surface area contributed by atoms with Gasteiger partial charge in [0.2, 0.25) is 5.91 Å². The Labute approximate surface area is 187 Å². The first-order valence-electron chi connectivity index (χ1n) is 11.6. The predicted octanol–water partition coefficient (Wildman–Crippen LogP) is 4.06. The standard InChI is InChI=1S/C25H39N3O3/c1-17(13-25(2,3)4)22(27(5)24(30)31)23(29)26-21-12-11-19-15-28(16-20(19)21)14-18-9-7-6-8-10-18/h6-10,17,19-22H,11-16H2,1-5H3,(H,26,29)(H,30,31)/t17?,19-,20+,21+,22-/m0/s1. The van der Waals surface area contributed by atoms with Gasteiger partial charge >= 0.3 is 6.09 Å². The molecule has 0 radical (unpaired) electrons. The van der Waals surface area contributed by atoms with Crippen LogP contribution >= 0.6 is 0 Å². The highest BCUT2D eigenvalue weighted by molar-refractivity contribution is 5.85. The van der Waals surface area contributed by atoms with E-state index in [1.165, 1.54) is 17.5 Å². The zero-order chi connectivity index (χ0) is 22.8. The molecule has 3 rings (SSSR count). The smallest absolute Gasteiger partial charge is 0.407 e. The summed E-state index contributed by atoms with van der Waals surface area (Å²) < 4.78 is 0. The second kappa shape index (κ2) is 9.60. The summed E-state index contributed by atoms with van der Waals surface area (Å²) >= 11 is 0. The summed E-state index contributed by atoms with van der Waals surface area (Å²) in [5.41, 5.74) is 1.35. The molecule has 0 aromatic heterocycles. The maximum atomic E-state index is 13.3. The fourth-order valence-corrected chi connectivity index (χ4v) is 5.79. The molecule has 1 saturated carbocycles. The van der Waals surface area contributed by atoms with Gasteiger partial charge in [0.05, 0.1) is 0 Å². The summed E-state index contributed by atoms with van der Waals surface area (Å²) in [6.45, 7) is 11.4. The fourth-order valence-electron chi connectivity index (χ4n) is 5.79. The lowest BCUT2D eigenvalue weighted by molar-refractivity contribution is -0.128. The van der Waals surface area contributed by atoms with E-state index < -0.39 is 12.1 Å². The number of carbonyl (C=O) groups is 2. The number of hydrogen-bond acceptors (Lipinski definition) is 3. The third-order valence-electron chi connectivity index (χ3n) is 6.97. The molecule has 6 nitrogen and oxygen atoms in total. The van der Waals surface area contributed by atoms with E-state index in [1.807, 2.05) is 13.0 Å². The summed E-state index contributed by atoms with van der Waals surface area (Å²) in [5, 5.41) is 12.8. The Morgan fingerprint density at radius 2 is 1.87 bits per heavy atom. The van der Waals surface area contributed by atoms with E-state index in [9.17, 15) is 14.7 Å². The number of benzene rings is 1. The van der Waals surface area contributed by atoms with E-state index in [4.69, 9.17) is 0 Å². The van der Waals surface area contributed by atoms with Crippen LogP contribution in [-0.4, -0.2) is 59.1 Å². The van der Waals surface area contributed by atoms with Crippen LogP contribution in [0.2, 0.25) is 0 Å². The first-order chi connectivity index (χ1) is 14.5. The molecular formula is C25H39N3O3. The molecule has 1 unspecified atom stereocenters. The number of fused-ring (bicyclic) bond motifs is 1. The number of carbonyl (C=O) groups excluding carboxylic acids is 1. The van der Waals surface area contributed by atoms with Crippen molar-refractivity contribution in [2.75, 3.05) is 20.1 Å². The van der Waals surface area contributed by atoms with Crippen LogP contribution in [0.4, 0.5) is 4.79 Å². The van der Waals surface area contributed by atoms with Crippen LogP contribution < -0.4 is 5.32 Å². The van der Waals surface area contributed by atoms with Gasteiger partial charge in [-0.3, -0.25) is 14.6 Å². The Balaban J connectivity index is 1.64. The Kier molecular flexibility index (Phi) is 7.30. The highest BCUT2D eigenvalue weighted by Gasteiger charge is 2.44. The predicted molar refractivity (Wildman–Crippen MR) is 123 cm³/mol. The summed E-state index contributed by atoms with van der Waals surface area (Å²) in [7, 11) is 1.51. The number of amides is 2. The van der Waals surface area contributed by atoms with E-state index in [-0.39, 0.29) is 23.3 Å². The zero-order valence-electron chi connectivity index (χ0n) is 19.7. The van der Waals surface area contributed by atoms with Crippen molar-refractivity contribution in [3.05, 3.63) is 35.9 Å². The van der Waals surface area contributed by atoms with Crippen LogP contribution in [0.5, 0.6) is 0 Å². The average molecular weight is 430 g/mol. The topological polar surface area (TPSA) is 72.9 Å². The van der Waals surface area contributed by atoms with E-state index in [1.54, 1.807) is 0 Å². The molecule has 5 atom stereocenters. The van der Waals surface area contributed by atoms with Crippen molar-refractivity contribution in [1.29, 1.82) is 0 Å². The average Bonchev–Trinajstić information content (AvgIpc) is 3.22. The SMILES string of the molecule is CC(CC(C)(C)C)[C@@H](C(=O)N[C@@H]1CC[C@H]2CN(Cc3ccccc3)C[C@H]21)N(C)C(=O)O. The number of nitrogens with one attached hydrogen (secondary N) is 1. The third-order valence-corrected chi connectivity index (χ3v) is 6.97. The Morgan fingerprint density at radius 3 is 2.48 bits per heavy atom. The normalized spacial score (nSPS) is 25.6. The van der Waals surface area contributed by atoms with Crippen LogP contribution in [0.3, 0.4) is 0 Å². The Morgan fingerprint density at radius 1 is 1.19 bits per heavy atom. The lowest BCUT2D eigenvalue weighted by Crippen LogP contribution is -2.54. The minimum absolute atomic E-state index is 0.0269. The van der Waals surface area contributed by atoms with Gasteiger partial charge in [-0.25, -0.2) is 4.79 Å². The van der Waals surface area contributed by atoms with Gasteiger partial charge in [-0.2, -0.15) is 0 Å². The van der Waals surface area contributed by atoms with Gasteiger partial charge in [-0.05, 0) is 48.0 Å². The van der Waals surface area contributed by atoms with Crippen molar-refractivity contribution in [2.45, 2.75) is 65.6 Å². The number of likely N-dealkylation sites (N-methyl/N-ethyl adjacent to an activating group) is 1. The molecule has 1 aliphatic carbocycles. The molecule has 6 heteroatoms. The molecule has 0 bridgehead atoms. The van der Waals surface area contributed by atoms with Gasteiger partial charge in [-0.15, -0.1) is 0 Å². The van der Waals surface area contributed by atoms with Crippen molar-refractivity contribution < 1.29 is 14.7 Å². The van der Waals surface area contributed by atoms with Crippen LogP contribution in [0.25, 0.3) is 0 Å². The summed E-state index contributed by atoms with van der Waals surface area (Å²) in [5.74, 6) is 0.850. The van der Waals surface area contributed by atoms with Gasteiger partial charge in [0.15, 0.2) is 0 Å². The first-order valence-corrected chi connectivity index (χ1v) is 11.6. The molecule has 2 fully saturated rings. The highest BCUT2D eigenvalue weighted by Crippen LogP contribution is 2.39. The fraction of sp³-hybridized carbons (Fsp3) is 0.680. The highest BCUT2D eigenvalue weighted by atomic mass is 16.4. The monoisotopic (exact) mass is 429 g/mol. The van der Waals surface area contributed by atoms with Crippen LogP contribution in [0.15, 0.2) is 30.3 Å². The molecule has 1 aromatic carbocycles. The number of rotatable bonds is 7. The minimum atomic E-state index is -1.06. The second-order valence-electron chi connectivity index (χ2n) is 10.9. The van der Waals surface area contributed by atoms with Crippen LogP contribution in [0.1, 0.15) is 52.5 Å². The third kappa shape index (κ3) is 6.00. The van der Waals surface area contributed by atoms with Crippen molar-refractivity contribution in [1.82, 2.24) is 15.1 Å². The Hall–Kier alpha value is -2.08. The Bertz CT molecular complexity index is 761. The molecule has 1 aliphatic heterocycles. The first kappa shape index (κ1) is 23.6. The molecule has 1 heterocycles. The lowest BCUT2D eigenvalue weighted by atomic mass is 9.81. The van der Waals surface area contributed by atoms with Gasteiger partial charge in [0, 0.05) is 32.7 Å². The van der Waals surface area contributed by atoms with E-state index >= 15 is 0 Å². The number of nitrogens with zero attached hydrogens (tertiary/aromatic N) is 2. The minimum Gasteiger partial charge on any atom is -0.465 e. The summed E-state index contributed by atoms with van der Waals surface area (Å²) in [4.78, 5) is 28.7. The van der Waals surface area contributed by atoms with Crippen molar-refractivity contribution in [3.8, 4) is 0 Å². The van der Waals surface area contributed by atoms with E-state index in [0.29, 0.717) is 11.8 Å². The number of likely N-dealkylation sites (tertiary alicyclic amines) is 1. The van der Waals surface area contributed by atoms with Crippen LogP contribution in [-0.2, 0) is 11.3 Å². The van der Waals surface area contributed by atoms with Crippen molar-refractivity contribution in [2.24, 2.45) is 23.2 Å². The van der Waals surface area contributed by atoms with Gasteiger partial charge in [0.1, 0.15) is 6.04 Å². The number of carboxylic acid groups (broad SMARTS) is 1. The maximum absolute atomic E-state index is 13.3. The largest absolute Gasteiger partial charge is 0.465 e. The quantitative estimate of drug-likeness (QED) is 0.685. The summed E-state index contributed by atoms with van der Waals surface area (Å²) in [6.07, 6.45) is 1.83. The van der Waals surface area contributed by atoms with Crippen molar-refractivity contribution in [3.63, 3.8) is 0 Å². The number of hydrogen-bond donors (Lipinski definition) is 2. The van der Waals surface area contributed by atoms with Crippen LogP contribution in [0, 0.1) is 23.2 Å². The summed E-state index contributed by atoms with van der Waals surface area (Å²) in [6, 6.07) is 9.98. The van der Waals surface area contributed by atoms with Crippen molar-refractivity contribution >= 4 is 12.0 Å². The zero-order valence-corrected chi connectivity index (χ0v) is 19.7. The van der Waals surface area contributed by atoms with Gasteiger partial charge < -0.3 is 10.4 Å². The molecule has 1 aromatic rings. The lowest BCUT2D eigenvalue weighted by Gasteiger charge is -2.34. The molecule has 2 amide bonds. The van der Waals surface area contributed by atoms with Gasteiger partial charge in [-0.1, -0.05) is 58.0 Å². The van der Waals surface area contributed by atoms with Gasteiger partial charge in [0.25, 0.3) is 0 Å². The van der Waals surface area contributed by atoms with E-state index in [2.05, 4.69) is 55.3 Å². The van der Waals surface area contributed by atoms with E-state index in [0.717, 1.165) is 38.9 Å². The maximum Gasteiger partial charge on any atom is 0.407 e. The second-order valence-corrected chi connectivity index (χ2v) is 10.9.